The molecule has 9 aromatic rings. The molecule has 2 nitrogen and oxygen atoms in total. The zero-order valence-corrected chi connectivity index (χ0v) is 57.1. The molecule has 0 amide bonds. The lowest BCUT2D eigenvalue weighted by Crippen LogP contribution is -2.20. The van der Waals surface area contributed by atoms with Gasteiger partial charge in [0.05, 0.1) is 11.4 Å². The molecular weight excluding hydrogens is 1080 g/mol. The van der Waals surface area contributed by atoms with E-state index in [0.29, 0.717) is 10.0 Å². The predicted molar refractivity (Wildman–Crippen MR) is 378 cm³/mol. The molecule has 9 rings (SSSR count). The minimum absolute atomic E-state index is 0.0982. The smallest absolute Gasteiger partial charge is 0.0618 e. The summed E-state index contributed by atoms with van der Waals surface area (Å²) in [5.41, 5.74) is 22.8. The number of anilines is 6. The summed E-state index contributed by atoms with van der Waals surface area (Å²) < 4.78 is 0. The number of benzene rings is 9. The summed E-state index contributed by atoms with van der Waals surface area (Å²) >= 11 is 14.6. The van der Waals surface area contributed by atoms with Crippen molar-refractivity contribution in [2.45, 2.75) is 183 Å². The minimum Gasteiger partial charge on any atom is -0.309 e. The van der Waals surface area contributed by atoms with E-state index in [1.54, 1.807) is 0 Å². The Hall–Kier alpha value is -6.84. The molecule has 0 spiro atoms. The molecule has 9 aromatic carbocycles. The molecule has 0 aliphatic heterocycles. The Kier molecular flexibility index (Phi) is 17.3. The third kappa shape index (κ3) is 13.9. The summed E-state index contributed by atoms with van der Waals surface area (Å²) in [6.07, 6.45) is 0. The van der Waals surface area contributed by atoms with Crippen LogP contribution in [0.25, 0.3) is 44.5 Å². The van der Waals surface area contributed by atoms with E-state index in [1.807, 2.05) is 12.1 Å². The van der Waals surface area contributed by atoms with Crippen molar-refractivity contribution in [1.29, 1.82) is 0 Å². The summed E-state index contributed by atoms with van der Waals surface area (Å²) in [6, 6.07) is 70.9. The van der Waals surface area contributed by atoms with Crippen molar-refractivity contribution in [2.24, 2.45) is 0 Å². The van der Waals surface area contributed by atoms with Crippen LogP contribution in [0, 0.1) is 0 Å². The van der Waals surface area contributed by atoms with Gasteiger partial charge >= 0.3 is 0 Å². The molecule has 0 saturated carbocycles. The number of nitrogens with zero attached hydrogens (tertiary/aromatic N) is 2. The van der Waals surface area contributed by atoms with E-state index >= 15 is 0 Å². The monoisotopic (exact) mass is 1180 g/mol. The zero-order chi connectivity index (χ0) is 62.9. The number of rotatable bonds is 10. The van der Waals surface area contributed by atoms with Crippen molar-refractivity contribution in [3.8, 4) is 44.5 Å². The van der Waals surface area contributed by atoms with Gasteiger partial charge in [0, 0.05) is 55.0 Å². The molecule has 0 radical (unpaired) electrons. The molecule has 0 N–H and O–H groups in total. The Balaban J connectivity index is 1.52. The molecule has 0 aliphatic carbocycles. The first-order valence-electron chi connectivity index (χ1n) is 30.9. The van der Waals surface area contributed by atoms with Gasteiger partial charge < -0.3 is 9.80 Å². The van der Waals surface area contributed by atoms with Crippen LogP contribution < -0.4 is 9.80 Å². The lowest BCUT2D eigenvalue weighted by atomic mass is 9.79. The average molecular weight is 1180 g/mol. The summed E-state index contributed by atoms with van der Waals surface area (Å²) in [6.45, 7) is 48.7. The summed E-state index contributed by atoms with van der Waals surface area (Å²) in [7, 11) is 0. The molecule has 4 heteroatoms. The summed E-state index contributed by atoms with van der Waals surface area (Å²) in [4.78, 5) is 5.02. The Morgan fingerprint density at radius 3 is 0.686 bits per heavy atom. The summed E-state index contributed by atoms with van der Waals surface area (Å²) in [5.74, 6) is 0. The van der Waals surface area contributed by atoms with Gasteiger partial charge in [-0.05, 0) is 178 Å². The SMILES string of the molecule is CC(C)(C)c1cccc(-c2cc(C(C)(C)C)cc(-c3cccc(C(C)(C)C)c3)c2N(c2cccc(Cl)c2)c2cc(N(c3cccc(Cl)c3)c3c(-c4cccc(C(C)(C)C)c4)cc(C(C)(C)C)cc3-c3cccc(C(C)(C)C)c3)cc(C(C)(C)C)c2)c1. The van der Waals surface area contributed by atoms with Gasteiger partial charge in [0.15, 0.2) is 0 Å². The fourth-order valence-electron chi connectivity index (χ4n) is 11.4. The van der Waals surface area contributed by atoms with Gasteiger partial charge in [-0.1, -0.05) is 278 Å². The Bertz CT molecular complexity index is 3550. The maximum atomic E-state index is 7.29. The normalized spacial score (nSPS) is 12.8. The molecule has 0 bridgehead atoms. The van der Waals surface area contributed by atoms with Crippen LogP contribution in [0.3, 0.4) is 0 Å². The zero-order valence-electron chi connectivity index (χ0n) is 55.5. The van der Waals surface area contributed by atoms with Crippen LogP contribution in [0.15, 0.2) is 188 Å². The van der Waals surface area contributed by atoms with Gasteiger partial charge in [0.2, 0.25) is 0 Å². The van der Waals surface area contributed by atoms with E-state index in [0.717, 1.165) is 78.6 Å². The molecule has 0 fully saturated rings. The maximum absolute atomic E-state index is 7.29. The highest BCUT2D eigenvalue weighted by Gasteiger charge is 2.33. The van der Waals surface area contributed by atoms with E-state index in [1.165, 1.54) is 38.9 Å². The van der Waals surface area contributed by atoms with Crippen LogP contribution in [0.5, 0.6) is 0 Å². The van der Waals surface area contributed by atoms with Gasteiger partial charge in [0.1, 0.15) is 0 Å². The Morgan fingerprint density at radius 1 is 0.221 bits per heavy atom. The van der Waals surface area contributed by atoms with Gasteiger partial charge in [0.25, 0.3) is 0 Å². The van der Waals surface area contributed by atoms with Crippen LogP contribution in [-0.2, 0) is 37.9 Å². The molecule has 86 heavy (non-hydrogen) atoms. The molecule has 0 aliphatic rings. The second-order valence-electron chi connectivity index (χ2n) is 31.3. The van der Waals surface area contributed by atoms with Crippen LogP contribution in [0.4, 0.5) is 34.1 Å². The average Bonchev–Trinajstić information content (AvgIpc) is 0.777. The number of hydrogen-bond donors (Lipinski definition) is 0. The second-order valence-corrected chi connectivity index (χ2v) is 32.2. The van der Waals surface area contributed by atoms with E-state index in [9.17, 15) is 0 Å². The topological polar surface area (TPSA) is 6.48 Å². The fraction of sp³-hybridized carbons (Fsp3) is 0.341. The third-order valence-corrected chi connectivity index (χ3v) is 17.4. The molecular formula is C82H94Cl2N2. The van der Waals surface area contributed by atoms with Gasteiger partial charge in [-0.25, -0.2) is 0 Å². The van der Waals surface area contributed by atoms with Crippen LogP contribution in [0.1, 0.15) is 184 Å². The largest absolute Gasteiger partial charge is 0.309 e. The lowest BCUT2D eigenvalue weighted by molar-refractivity contribution is 0.589. The standard InChI is InChI=1S/C82H94Cl2N2/c1-76(2,3)57-32-22-28-53(40-57)70-46-62(81(16,17)18)47-71(54-29-23-33-58(41-54)77(4,5)6)74(70)85(66-38-26-36-64(83)50-66)68-44-61(80(13,14)15)45-69(52-68)86(67-39-27-37-65(84)51-67)75-72(55-30-24-34-59(42-55)78(7,8)9)48-63(82(19,20)21)49-73(75)56-31-25-35-60(43-56)79(10,11)12/h22-52H,1-21H3. The fourth-order valence-corrected chi connectivity index (χ4v) is 11.8. The molecule has 0 atom stereocenters. The highest BCUT2D eigenvalue weighted by atomic mass is 35.5. The van der Waals surface area contributed by atoms with Gasteiger partial charge in [-0.15, -0.1) is 0 Å². The van der Waals surface area contributed by atoms with Crippen LogP contribution >= 0.6 is 23.2 Å². The van der Waals surface area contributed by atoms with Crippen LogP contribution in [0.2, 0.25) is 10.0 Å². The first-order valence-corrected chi connectivity index (χ1v) is 31.7. The van der Waals surface area contributed by atoms with E-state index < -0.39 is 0 Å². The molecule has 0 saturated heterocycles. The molecule has 0 aromatic heterocycles. The van der Waals surface area contributed by atoms with Gasteiger partial charge in [-0.2, -0.15) is 0 Å². The van der Waals surface area contributed by atoms with Crippen molar-refractivity contribution in [3.05, 3.63) is 237 Å². The van der Waals surface area contributed by atoms with E-state index in [-0.39, 0.29) is 37.9 Å². The highest BCUT2D eigenvalue weighted by molar-refractivity contribution is 6.31. The van der Waals surface area contributed by atoms with Crippen molar-refractivity contribution >= 4 is 57.3 Å². The molecule has 0 unspecified atom stereocenters. The van der Waals surface area contributed by atoms with E-state index in [2.05, 4.69) is 331 Å². The quantitative estimate of drug-likeness (QED) is 0.135. The number of halogens is 2. The first-order chi connectivity index (χ1) is 39.9. The lowest BCUT2D eigenvalue weighted by Gasteiger charge is -2.36. The van der Waals surface area contributed by atoms with Crippen LogP contribution in [-0.4, -0.2) is 0 Å². The first kappa shape index (κ1) is 63.7. The minimum atomic E-state index is -0.321. The predicted octanol–water partition coefficient (Wildman–Crippen LogP) is 25.7. The Labute approximate surface area is 528 Å². The van der Waals surface area contributed by atoms with Crippen molar-refractivity contribution < 1.29 is 0 Å². The van der Waals surface area contributed by atoms with Crippen molar-refractivity contribution in [3.63, 3.8) is 0 Å². The van der Waals surface area contributed by atoms with E-state index in [4.69, 9.17) is 23.2 Å². The Morgan fingerprint density at radius 2 is 0.453 bits per heavy atom. The molecule has 446 valence electrons. The maximum Gasteiger partial charge on any atom is 0.0618 e. The van der Waals surface area contributed by atoms with Crippen molar-refractivity contribution in [2.75, 3.05) is 9.80 Å². The number of hydrogen-bond acceptors (Lipinski definition) is 2. The van der Waals surface area contributed by atoms with Crippen molar-refractivity contribution in [1.82, 2.24) is 0 Å². The second kappa shape index (κ2) is 23.4. The highest BCUT2D eigenvalue weighted by Crippen LogP contribution is 2.54. The summed E-state index contributed by atoms with van der Waals surface area (Å²) in [5, 5.41) is 1.31. The third-order valence-electron chi connectivity index (χ3n) is 17.0. The molecule has 0 heterocycles. The van der Waals surface area contributed by atoms with Gasteiger partial charge in [-0.3, -0.25) is 0 Å².